The largest absolute Gasteiger partial charge is 0.469 e. The number of nitrogens with zero attached hydrogens (tertiary/aromatic N) is 1. The van der Waals surface area contributed by atoms with Crippen LogP contribution in [0.1, 0.15) is 0 Å². The van der Waals surface area contributed by atoms with Crippen LogP contribution in [0.5, 0.6) is 0 Å². The van der Waals surface area contributed by atoms with Crippen molar-refractivity contribution >= 4 is 0 Å². The molecule has 0 amide bonds. The molecule has 2 nitrogen and oxygen atoms in total. The van der Waals surface area contributed by atoms with Crippen LogP contribution in [0.4, 0.5) is 92.2 Å². The summed E-state index contributed by atoms with van der Waals surface area (Å²) in [6.07, 6.45) is -8.64. The van der Waals surface area contributed by atoms with E-state index in [1.54, 1.807) is 0 Å². The van der Waals surface area contributed by atoms with E-state index in [1.807, 2.05) is 0 Å². The first-order valence-corrected chi connectivity index (χ1v) is 7.87. The maximum Gasteiger partial charge on any atom is 0.469 e. The van der Waals surface area contributed by atoms with Crippen LogP contribution in [-0.2, 0) is 6.05 Å². The summed E-state index contributed by atoms with van der Waals surface area (Å²) in [6.45, 7) is 0. The summed E-state index contributed by atoms with van der Waals surface area (Å²) in [5, 5.41) is 0. The fourth-order valence-electron chi connectivity index (χ4n) is 2.18. The second-order valence-corrected chi connectivity index (χ2v) is 6.65. The van der Waals surface area contributed by atoms with Crippen LogP contribution in [0, 0.1) is 0 Å². The molecule has 0 unspecified atom stereocenters. The van der Waals surface area contributed by atoms with Gasteiger partial charge in [0.15, 0.2) is 0 Å². The van der Waals surface area contributed by atoms with Crippen LogP contribution in [-0.4, -0.2) is 58.5 Å². The number of rotatable bonds is 9. The van der Waals surface area contributed by atoms with E-state index in [0.717, 1.165) is 0 Å². The highest BCUT2D eigenvalue weighted by molar-refractivity contribution is 5.17. The quantitative estimate of drug-likeness (QED) is 0.252. The summed E-state index contributed by atoms with van der Waals surface area (Å²) < 4.78 is 275. The number of imidazole rings is 1. The lowest BCUT2D eigenvalue weighted by Gasteiger charge is -2.44. The van der Waals surface area contributed by atoms with Crippen molar-refractivity contribution in [1.29, 1.82) is 0 Å². The third kappa shape index (κ3) is 3.56. The van der Waals surface area contributed by atoms with Gasteiger partial charge in [0, 0.05) is 0 Å². The smallest absolute Gasteiger partial charge is 0.250 e. The van der Waals surface area contributed by atoms with Crippen LogP contribution in [0.25, 0.3) is 0 Å². The van der Waals surface area contributed by atoms with Crippen molar-refractivity contribution < 1.29 is 96.8 Å². The van der Waals surface area contributed by atoms with Crippen molar-refractivity contribution in [2.45, 2.75) is 59.6 Å². The average Bonchev–Trinajstić information content (AvgIpc) is 3.21. The third-order valence-corrected chi connectivity index (χ3v) is 4.36. The molecule has 0 bridgehead atoms. The van der Waals surface area contributed by atoms with E-state index in [-0.39, 0.29) is 12.4 Å². The number of H-pyrrole nitrogens is 1. The molecule has 0 fully saturated rings. The molecule has 0 aliphatic heterocycles. The topological polar surface area (TPSA) is 19.7 Å². The molecule has 36 heavy (non-hydrogen) atoms. The van der Waals surface area contributed by atoms with Crippen molar-refractivity contribution in [2.75, 3.05) is 0 Å². The number of alkyl halides is 21. The van der Waals surface area contributed by atoms with Gasteiger partial charge in [0.25, 0.3) is 0 Å². The molecule has 1 aromatic heterocycles. The second-order valence-electron chi connectivity index (χ2n) is 6.65. The minimum absolute atomic E-state index is 0.173. The molecule has 1 rings (SSSR count). The predicted molar refractivity (Wildman–Crippen MR) is 66.8 cm³/mol. The van der Waals surface area contributed by atoms with Crippen molar-refractivity contribution in [3.63, 3.8) is 0 Å². The first-order chi connectivity index (χ1) is 15.4. The van der Waals surface area contributed by atoms with Crippen LogP contribution in [0.2, 0.25) is 0 Å². The van der Waals surface area contributed by atoms with Gasteiger partial charge in [0.05, 0.1) is 0 Å². The molecule has 1 heterocycles. The summed E-state index contributed by atoms with van der Waals surface area (Å²) in [6, 6.07) is -6.82. The molecule has 0 radical (unpaired) electrons. The molecule has 0 atom stereocenters. The van der Waals surface area contributed by atoms with Crippen molar-refractivity contribution in [3.8, 4) is 0 Å². The fourth-order valence-corrected chi connectivity index (χ4v) is 2.18. The van der Waals surface area contributed by atoms with Gasteiger partial charge in [-0.25, -0.2) is 0 Å². The molecule has 0 spiro atoms. The van der Waals surface area contributed by atoms with E-state index in [9.17, 15) is 92.2 Å². The number of hydrogen-bond acceptors (Lipinski definition) is 0. The predicted octanol–water partition coefficient (Wildman–Crippen LogP) is 6.50. The number of aromatic nitrogens is 2. The van der Waals surface area contributed by atoms with Crippen molar-refractivity contribution in [1.82, 2.24) is 4.98 Å². The lowest BCUT2D eigenvalue weighted by Crippen LogP contribution is -2.78. The third-order valence-electron chi connectivity index (χ3n) is 4.36. The summed E-state index contributed by atoms with van der Waals surface area (Å²) in [4.78, 5) is 1.42. The molecule has 0 saturated carbocycles. The zero-order valence-corrected chi connectivity index (χ0v) is 15.6. The molecular formula is C13H4F21N2+. The Labute approximate surface area is 181 Å². The van der Waals surface area contributed by atoms with Gasteiger partial charge in [-0.05, 0) is 0 Å². The van der Waals surface area contributed by atoms with Gasteiger partial charge in [-0.15, -0.1) is 0 Å². The van der Waals surface area contributed by atoms with Gasteiger partial charge in [-0.2, -0.15) is 96.8 Å². The van der Waals surface area contributed by atoms with Gasteiger partial charge < -0.3 is 0 Å². The Hall–Kier alpha value is -2.26. The zero-order valence-electron chi connectivity index (χ0n) is 15.6. The maximum atomic E-state index is 13.6. The molecule has 0 aliphatic rings. The van der Waals surface area contributed by atoms with Gasteiger partial charge >= 0.3 is 59.6 Å². The monoisotopic (exact) mass is 587 g/mol. The number of halogens is 21. The molecule has 23 heteroatoms. The van der Waals surface area contributed by atoms with Gasteiger partial charge in [-0.1, -0.05) is 0 Å². The standard InChI is InChI=1S/C13H3F21N2/c14-4(15,6(18,19)8(22,23)10(26,27)12(30,31)32)5(16,17)7(20,21)9(24,25)11(28,29)13(33,34)36-2-1-35-3-36/h1-3H/p+1. The number of nitrogens with one attached hydrogen (secondary N) is 1. The molecule has 0 saturated heterocycles. The molecule has 1 N–H and O–H groups in total. The lowest BCUT2D eigenvalue weighted by molar-refractivity contribution is -0.849. The molecule has 0 aromatic carbocycles. The second kappa shape index (κ2) is 7.87. The van der Waals surface area contributed by atoms with Crippen LogP contribution >= 0.6 is 0 Å². The molecule has 0 aliphatic carbocycles. The average molecular weight is 587 g/mol. The molecular weight excluding hydrogens is 583 g/mol. The Bertz CT molecular complexity index is 924. The van der Waals surface area contributed by atoms with Crippen LogP contribution in [0.15, 0.2) is 18.7 Å². The van der Waals surface area contributed by atoms with E-state index < -0.39 is 70.5 Å². The van der Waals surface area contributed by atoms with E-state index in [1.165, 1.54) is 4.98 Å². The van der Waals surface area contributed by atoms with E-state index in [4.69, 9.17) is 0 Å². The van der Waals surface area contributed by atoms with Gasteiger partial charge in [0.1, 0.15) is 12.4 Å². The minimum atomic E-state index is -9.17. The normalized spacial score (nSPS) is 16.5. The van der Waals surface area contributed by atoms with Crippen molar-refractivity contribution in [3.05, 3.63) is 18.7 Å². The fraction of sp³-hybridized carbons (Fsp3) is 0.769. The van der Waals surface area contributed by atoms with Crippen LogP contribution in [0.3, 0.4) is 0 Å². The summed E-state index contributed by atoms with van der Waals surface area (Å²) in [5.41, 5.74) is 0. The Morgan fingerprint density at radius 2 is 0.667 bits per heavy atom. The maximum absolute atomic E-state index is 13.6. The minimum Gasteiger partial charge on any atom is -0.250 e. The van der Waals surface area contributed by atoms with Gasteiger partial charge in [0.2, 0.25) is 6.33 Å². The SMILES string of the molecule is FC(F)(F)C(F)(F)C(F)(F)C(F)(F)C(F)(F)C(F)(F)C(F)(F)C(F)(F)C(F)(F)C(F)(F)[n+]1cc[nH]c1. The number of hydrogen-bond donors (Lipinski definition) is 1. The van der Waals surface area contributed by atoms with Crippen molar-refractivity contribution in [2.24, 2.45) is 0 Å². The Balaban J connectivity index is 3.79. The summed E-state index contributed by atoms with van der Waals surface area (Å²) in [7, 11) is 0. The van der Waals surface area contributed by atoms with E-state index in [0.29, 0.717) is 0 Å². The Morgan fingerprint density at radius 3 is 0.917 bits per heavy atom. The van der Waals surface area contributed by atoms with Gasteiger partial charge in [-0.3, -0.25) is 4.98 Å². The number of aromatic amines is 1. The Morgan fingerprint density at radius 1 is 0.389 bits per heavy atom. The highest BCUT2D eigenvalue weighted by Gasteiger charge is 2.98. The molecule has 1 aromatic rings. The zero-order chi connectivity index (χ0) is 29.4. The van der Waals surface area contributed by atoms with Crippen LogP contribution < -0.4 is 4.57 Å². The highest BCUT2D eigenvalue weighted by atomic mass is 19.4. The highest BCUT2D eigenvalue weighted by Crippen LogP contribution is 2.66. The van der Waals surface area contributed by atoms with E-state index >= 15 is 0 Å². The summed E-state index contributed by atoms with van der Waals surface area (Å²) >= 11 is 0. The first-order valence-electron chi connectivity index (χ1n) is 7.87. The first kappa shape index (κ1) is 31.8. The lowest BCUT2D eigenvalue weighted by atomic mass is 9.87. The van der Waals surface area contributed by atoms with E-state index in [2.05, 4.69) is 0 Å². The summed E-state index contributed by atoms with van der Waals surface area (Å²) in [5.74, 6) is -70.3. The molecule has 212 valence electrons. The Kier molecular flexibility index (Phi) is 6.94.